The normalized spacial score (nSPS) is 28.6. The molecule has 1 N–H and O–H groups in total. The van der Waals surface area contributed by atoms with E-state index in [0.29, 0.717) is 19.2 Å². The van der Waals surface area contributed by atoms with Crippen molar-refractivity contribution in [2.75, 3.05) is 13.1 Å². The fraction of sp³-hybridized carbons (Fsp3) is 0.476. The first-order chi connectivity index (χ1) is 12.1. The first-order valence-corrected chi connectivity index (χ1v) is 9.28. The Hall–Kier alpha value is -2.07. The van der Waals surface area contributed by atoms with Crippen molar-refractivity contribution in [3.63, 3.8) is 0 Å². The molecule has 3 aliphatic rings. The third kappa shape index (κ3) is 2.99. The van der Waals surface area contributed by atoms with Gasteiger partial charge in [-0.05, 0) is 65.6 Å². The number of aliphatic carboxylic acids is 1. The number of hydrogen-bond donors (Lipinski definition) is 1. The Morgan fingerprint density at radius 1 is 1.04 bits per heavy atom. The lowest BCUT2D eigenvalue weighted by molar-refractivity contribution is -0.147. The van der Waals surface area contributed by atoms with Gasteiger partial charge < -0.3 is 9.84 Å². The number of nitrogens with zero attached hydrogens (tertiary/aromatic N) is 1. The third-order valence-electron chi connectivity index (χ3n) is 6.09. The second kappa shape index (κ2) is 5.73. The van der Waals surface area contributed by atoms with Crippen molar-refractivity contribution in [2.24, 2.45) is 17.8 Å². The minimum Gasteiger partial charge on any atom is -0.490 e. The molecule has 2 aromatic carbocycles. The number of carboxylic acids is 1. The lowest BCUT2D eigenvalue weighted by Gasteiger charge is -2.36. The van der Waals surface area contributed by atoms with Crippen LogP contribution >= 0.6 is 0 Å². The van der Waals surface area contributed by atoms with E-state index in [1.807, 2.05) is 0 Å². The number of carboxylic acid groups (broad SMARTS) is 1. The van der Waals surface area contributed by atoms with Gasteiger partial charge in [0.15, 0.2) is 0 Å². The van der Waals surface area contributed by atoms with Crippen LogP contribution in [0, 0.1) is 17.8 Å². The molecule has 2 saturated carbocycles. The second-order valence-electron chi connectivity index (χ2n) is 8.04. The van der Waals surface area contributed by atoms with Crippen molar-refractivity contribution >= 4 is 16.7 Å². The summed E-state index contributed by atoms with van der Waals surface area (Å²) in [5.41, 5.74) is 1.24. The molecule has 130 valence electrons. The quantitative estimate of drug-likeness (QED) is 0.907. The summed E-state index contributed by atoms with van der Waals surface area (Å²) < 4.78 is 6.18. The van der Waals surface area contributed by atoms with Gasteiger partial charge in [0.25, 0.3) is 0 Å². The van der Waals surface area contributed by atoms with Gasteiger partial charge in [-0.25, -0.2) is 0 Å². The molecule has 2 aromatic rings. The second-order valence-corrected chi connectivity index (χ2v) is 8.04. The molecule has 0 bridgehead atoms. The molecule has 1 aliphatic heterocycles. The van der Waals surface area contributed by atoms with E-state index in [1.54, 1.807) is 0 Å². The maximum Gasteiger partial charge on any atom is 0.309 e. The highest BCUT2D eigenvalue weighted by Crippen LogP contribution is 2.52. The lowest BCUT2D eigenvalue weighted by Crippen LogP contribution is -2.49. The molecule has 0 aromatic heterocycles. The zero-order valence-corrected chi connectivity index (χ0v) is 14.2. The maximum absolute atomic E-state index is 10.9. The zero-order chi connectivity index (χ0) is 17.0. The van der Waals surface area contributed by atoms with Crippen LogP contribution in [-0.2, 0) is 11.3 Å². The number of benzene rings is 2. The van der Waals surface area contributed by atoms with E-state index in [4.69, 9.17) is 9.84 Å². The number of fused-ring (bicyclic) bond motifs is 2. The Kier molecular flexibility index (Phi) is 3.49. The molecule has 0 radical (unpaired) electrons. The Bertz CT molecular complexity index is 817. The first kappa shape index (κ1) is 15.2. The highest BCUT2D eigenvalue weighted by molar-refractivity contribution is 5.84. The average molecular weight is 337 g/mol. The van der Waals surface area contributed by atoms with Gasteiger partial charge in [-0.15, -0.1) is 0 Å². The minimum atomic E-state index is -0.679. The van der Waals surface area contributed by atoms with E-state index in [1.165, 1.54) is 35.6 Å². The minimum absolute atomic E-state index is 0.193. The van der Waals surface area contributed by atoms with Crippen LogP contribution in [-0.4, -0.2) is 35.2 Å². The molecule has 2 aliphatic carbocycles. The summed E-state index contributed by atoms with van der Waals surface area (Å²) >= 11 is 0. The molecule has 25 heavy (non-hydrogen) atoms. The molecule has 0 amide bonds. The predicted molar refractivity (Wildman–Crippen MR) is 95.6 cm³/mol. The monoisotopic (exact) mass is 337 g/mol. The van der Waals surface area contributed by atoms with Crippen LogP contribution in [0.15, 0.2) is 36.4 Å². The van der Waals surface area contributed by atoms with Crippen LogP contribution in [0.4, 0.5) is 0 Å². The summed E-state index contributed by atoms with van der Waals surface area (Å²) in [5, 5.41) is 11.4. The smallest absolute Gasteiger partial charge is 0.309 e. The molecule has 0 spiro atoms. The van der Waals surface area contributed by atoms with E-state index in [-0.39, 0.29) is 5.92 Å². The van der Waals surface area contributed by atoms with E-state index in [9.17, 15) is 4.79 Å². The average Bonchev–Trinajstić information content (AvgIpc) is 3.16. The number of carbonyl (C=O) groups is 1. The molecule has 0 unspecified atom stereocenters. The van der Waals surface area contributed by atoms with Crippen LogP contribution in [0.2, 0.25) is 0 Å². The van der Waals surface area contributed by atoms with Gasteiger partial charge in [0, 0.05) is 19.6 Å². The van der Waals surface area contributed by atoms with E-state index in [0.717, 1.165) is 24.1 Å². The molecule has 1 saturated heterocycles. The van der Waals surface area contributed by atoms with Crippen molar-refractivity contribution < 1.29 is 14.6 Å². The lowest BCUT2D eigenvalue weighted by atomic mass is 9.99. The topological polar surface area (TPSA) is 49.8 Å². The van der Waals surface area contributed by atoms with Gasteiger partial charge in [-0.2, -0.15) is 0 Å². The summed E-state index contributed by atoms with van der Waals surface area (Å²) in [7, 11) is 0. The Morgan fingerprint density at radius 3 is 2.52 bits per heavy atom. The van der Waals surface area contributed by atoms with Crippen molar-refractivity contribution in [3.05, 3.63) is 42.0 Å². The molecule has 1 heterocycles. The zero-order valence-electron chi connectivity index (χ0n) is 14.2. The molecule has 4 heteroatoms. The maximum atomic E-state index is 10.9. The van der Waals surface area contributed by atoms with Crippen LogP contribution in [0.5, 0.6) is 5.75 Å². The van der Waals surface area contributed by atoms with Gasteiger partial charge in [0.05, 0.1) is 12.0 Å². The van der Waals surface area contributed by atoms with E-state index >= 15 is 0 Å². The Balaban J connectivity index is 1.25. The van der Waals surface area contributed by atoms with Crippen LogP contribution in [0.1, 0.15) is 24.8 Å². The number of ether oxygens (including phenoxy) is 1. The van der Waals surface area contributed by atoms with E-state index in [2.05, 4.69) is 41.3 Å². The highest BCUT2D eigenvalue weighted by Gasteiger charge is 2.46. The van der Waals surface area contributed by atoms with Crippen LogP contribution in [0.3, 0.4) is 0 Å². The molecular formula is C21H23NO3. The fourth-order valence-electron chi connectivity index (χ4n) is 4.51. The molecule has 3 fully saturated rings. The molecule has 3 atom stereocenters. The largest absolute Gasteiger partial charge is 0.490 e. The van der Waals surface area contributed by atoms with Gasteiger partial charge >= 0.3 is 5.97 Å². The van der Waals surface area contributed by atoms with Gasteiger partial charge in [-0.3, -0.25) is 9.69 Å². The standard InChI is InChI=1S/C21H23NO3/c23-21(24)18-11-22(12-18)10-13-1-2-15-7-19(4-3-14(15)5-13)25-20-8-16-6-17(16)9-20/h1-5,7,16-18,20H,6,8-12H2,(H,23,24)/t16-,17+,20-. The Morgan fingerprint density at radius 2 is 1.76 bits per heavy atom. The summed E-state index contributed by atoms with van der Waals surface area (Å²) in [4.78, 5) is 13.1. The summed E-state index contributed by atoms with van der Waals surface area (Å²) in [6.07, 6.45) is 4.29. The number of likely N-dealkylation sites (tertiary alicyclic amines) is 1. The molecule has 5 rings (SSSR count). The van der Waals surface area contributed by atoms with Crippen LogP contribution < -0.4 is 4.74 Å². The fourth-order valence-corrected chi connectivity index (χ4v) is 4.51. The molecule has 4 nitrogen and oxygen atoms in total. The van der Waals surface area contributed by atoms with Crippen LogP contribution in [0.25, 0.3) is 10.8 Å². The van der Waals surface area contributed by atoms with E-state index < -0.39 is 5.97 Å². The number of rotatable bonds is 5. The van der Waals surface area contributed by atoms with Crippen molar-refractivity contribution in [1.29, 1.82) is 0 Å². The summed E-state index contributed by atoms with van der Waals surface area (Å²) in [6, 6.07) is 12.9. The molecular weight excluding hydrogens is 314 g/mol. The predicted octanol–water partition coefficient (Wildman–Crippen LogP) is 3.53. The van der Waals surface area contributed by atoms with Gasteiger partial charge in [0.2, 0.25) is 0 Å². The van der Waals surface area contributed by atoms with Crippen molar-refractivity contribution in [2.45, 2.75) is 31.9 Å². The first-order valence-electron chi connectivity index (χ1n) is 9.28. The van der Waals surface area contributed by atoms with Gasteiger partial charge in [-0.1, -0.05) is 18.2 Å². The summed E-state index contributed by atoms with van der Waals surface area (Å²) in [5.74, 6) is 1.99. The van der Waals surface area contributed by atoms with Crippen molar-refractivity contribution in [3.8, 4) is 5.75 Å². The summed E-state index contributed by atoms with van der Waals surface area (Å²) in [6.45, 7) is 2.13. The SMILES string of the molecule is O=C(O)C1CN(Cc2ccc3cc(O[C@H]4C[C@@H]5C[C@@H]5C4)ccc3c2)C1. The van der Waals surface area contributed by atoms with Gasteiger partial charge in [0.1, 0.15) is 5.75 Å². The van der Waals surface area contributed by atoms with Crippen molar-refractivity contribution in [1.82, 2.24) is 4.90 Å². The highest BCUT2D eigenvalue weighted by atomic mass is 16.5. The number of hydrogen-bond acceptors (Lipinski definition) is 3. The Labute approximate surface area is 147 Å². The third-order valence-corrected chi connectivity index (χ3v) is 6.09.